The molecule has 98 valence electrons. The second-order valence-corrected chi connectivity index (χ2v) is 4.66. The fraction of sp³-hybridized carbons (Fsp3) is 0.294. The molecule has 0 saturated heterocycles. The monoisotopic (exact) mass is 252 g/mol. The molecule has 1 aromatic carbocycles. The van der Waals surface area contributed by atoms with Crippen LogP contribution >= 0.6 is 0 Å². The van der Waals surface area contributed by atoms with Gasteiger partial charge >= 0.3 is 0 Å². The summed E-state index contributed by atoms with van der Waals surface area (Å²) in [5.74, 6) is 0. The van der Waals surface area contributed by atoms with Gasteiger partial charge in [0, 0.05) is 12.4 Å². The predicted octanol–water partition coefficient (Wildman–Crippen LogP) is 4.21. The molecule has 19 heavy (non-hydrogen) atoms. The summed E-state index contributed by atoms with van der Waals surface area (Å²) in [7, 11) is 0. The summed E-state index contributed by atoms with van der Waals surface area (Å²) in [4.78, 5) is 8.87. The van der Waals surface area contributed by atoms with Crippen molar-refractivity contribution < 1.29 is 0 Å². The van der Waals surface area contributed by atoms with Crippen LogP contribution in [0.2, 0.25) is 0 Å². The zero-order valence-corrected chi connectivity index (χ0v) is 11.6. The second-order valence-electron chi connectivity index (χ2n) is 4.66. The Morgan fingerprint density at radius 2 is 1.95 bits per heavy atom. The molecule has 2 nitrogen and oxygen atoms in total. The molecule has 0 bridgehead atoms. The van der Waals surface area contributed by atoms with Gasteiger partial charge in [-0.3, -0.25) is 9.98 Å². The first-order valence-electron chi connectivity index (χ1n) is 6.83. The molecule has 1 unspecified atom stereocenters. The van der Waals surface area contributed by atoms with Crippen molar-refractivity contribution in [2.75, 3.05) is 0 Å². The Hall–Kier alpha value is -1.96. The van der Waals surface area contributed by atoms with Crippen LogP contribution in [0.1, 0.15) is 43.1 Å². The Bertz CT molecular complexity index is 532. The molecular formula is C17H20N2. The number of nitrogens with zero attached hydrogens (tertiary/aromatic N) is 2. The van der Waals surface area contributed by atoms with Crippen molar-refractivity contribution in [3.05, 3.63) is 65.5 Å². The number of aryl methyl sites for hydroxylation is 1. The second kappa shape index (κ2) is 6.83. The lowest BCUT2D eigenvalue weighted by Gasteiger charge is -2.12. The number of rotatable bonds is 5. The lowest BCUT2D eigenvalue weighted by molar-refractivity contribution is 0.792. The molecule has 0 spiro atoms. The first-order chi connectivity index (χ1) is 9.31. The van der Waals surface area contributed by atoms with Crippen molar-refractivity contribution in [2.45, 2.75) is 32.7 Å². The van der Waals surface area contributed by atoms with Gasteiger partial charge < -0.3 is 0 Å². The highest BCUT2D eigenvalue weighted by atomic mass is 14.8. The van der Waals surface area contributed by atoms with Crippen molar-refractivity contribution in [1.29, 1.82) is 0 Å². The molecule has 1 heterocycles. The van der Waals surface area contributed by atoms with Crippen molar-refractivity contribution in [1.82, 2.24) is 4.98 Å². The first-order valence-corrected chi connectivity index (χ1v) is 6.83. The van der Waals surface area contributed by atoms with Gasteiger partial charge in [-0.15, -0.1) is 0 Å². The molecule has 2 aromatic rings. The molecule has 0 aliphatic rings. The fourth-order valence-corrected chi connectivity index (χ4v) is 2.16. The Morgan fingerprint density at radius 1 is 1.16 bits per heavy atom. The molecule has 0 saturated carbocycles. The van der Waals surface area contributed by atoms with Gasteiger partial charge in [0.05, 0.1) is 11.7 Å². The van der Waals surface area contributed by atoms with Gasteiger partial charge in [0.2, 0.25) is 0 Å². The fourth-order valence-electron chi connectivity index (χ4n) is 2.16. The molecule has 2 heteroatoms. The minimum Gasteiger partial charge on any atom is -0.283 e. The molecule has 0 fully saturated rings. The Labute approximate surface area is 115 Å². The Balaban J connectivity index is 2.16. The van der Waals surface area contributed by atoms with E-state index in [-0.39, 0.29) is 6.04 Å². The number of pyridine rings is 1. The van der Waals surface area contributed by atoms with E-state index in [1.807, 2.05) is 24.4 Å². The molecule has 0 N–H and O–H groups in total. The van der Waals surface area contributed by atoms with Crippen LogP contribution in [0.25, 0.3) is 0 Å². The molecule has 0 amide bonds. The quantitative estimate of drug-likeness (QED) is 0.732. The molecular weight excluding hydrogens is 232 g/mol. The van der Waals surface area contributed by atoms with Crippen molar-refractivity contribution >= 4 is 6.21 Å². The molecule has 0 aliphatic carbocycles. The average Bonchev–Trinajstić information content (AvgIpc) is 2.47. The van der Waals surface area contributed by atoms with E-state index in [9.17, 15) is 0 Å². The van der Waals surface area contributed by atoms with Crippen LogP contribution in [0.15, 0.2) is 53.7 Å². The normalized spacial score (nSPS) is 12.7. The zero-order valence-electron chi connectivity index (χ0n) is 11.6. The highest BCUT2D eigenvalue weighted by Gasteiger charge is 2.07. The van der Waals surface area contributed by atoms with Gasteiger partial charge in [0.25, 0.3) is 0 Å². The van der Waals surface area contributed by atoms with Crippen LogP contribution in [-0.4, -0.2) is 11.2 Å². The predicted molar refractivity (Wildman–Crippen MR) is 80.7 cm³/mol. The minimum absolute atomic E-state index is 0.171. The summed E-state index contributed by atoms with van der Waals surface area (Å²) >= 11 is 0. The SMILES string of the molecule is CCCc1ccccc1C(C)N=Cc1ccccn1. The summed E-state index contributed by atoms with van der Waals surface area (Å²) in [6.07, 6.45) is 5.91. The zero-order chi connectivity index (χ0) is 13.5. The topological polar surface area (TPSA) is 25.2 Å². The standard InChI is InChI=1S/C17H20N2/c1-3-8-15-9-4-5-11-17(15)14(2)19-13-16-10-6-7-12-18-16/h4-7,9-14H,3,8H2,1-2H3. The van der Waals surface area contributed by atoms with E-state index in [2.05, 4.69) is 48.1 Å². The summed E-state index contributed by atoms with van der Waals surface area (Å²) in [5.41, 5.74) is 3.62. The smallest absolute Gasteiger partial charge is 0.0808 e. The van der Waals surface area contributed by atoms with Crippen molar-refractivity contribution in [3.63, 3.8) is 0 Å². The maximum Gasteiger partial charge on any atom is 0.0808 e. The van der Waals surface area contributed by atoms with Gasteiger partial charge in [-0.1, -0.05) is 43.7 Å². The van der Waals surface area contributed by atoms with Crippen LogP contribution in [0, 0.1) is 0 Å². The summed E-state index contributed by atoms with van der Waals surface area (Å²) < 4.78 is 0. The molecule has 1 atom stereocenters. The summed E-state index contributed by atoms with van der Waals surface area (Å²) in [6, 6.07) is 14.6. The van der Waals surface area contributed by atoms with Gasteiger partial charge in [-0.25, -0.2) is 0 Å². The van der Waals surface area contributed by atoms with Crippen molar-refractivity contribution in [3.8, 4) is 0 Å². The highest BCUT2D eigenvalue weighted by Crippen LogP contribution is 2.22. The van der Waals surface area contributed by atoms with E-state index < -0.39 is 0 Å². The van der Waals surface area contributed by atoms with E-state index in [1.165, 1.54) is 11.1 Å². The van der Waals surface area contributed by atoms with Gasteiger partial charge in [0.15, 0.2) is 0 Å². The third-order valence-electron chi connectivity index (χ3n) is 3.14. The van der Waals surface area contributed by atoms with E-state index >= 15 is 0 Å². The lowest BCUT2D eigenvalue weighted by Crippen LogP contribution is -1.98. The van der Waals surface area contributed by atoms with Crippen LogP contribution in [-0.2, 0) is 6.42 Å². The third-order valence-corrected chi connectivity index (χ3v) is 3.14. The van der Waals surface area contributed by atoms with Gasteiger partial charge in [-0.2, -0.15) is 0 Å². The molecule has 0 radical (unpaired) electrons. The van der Waals surface area contributed by atoms with E-state index in [1.54, 1.807) is 6.20 Å². The Kier molecular flexibility index (Phi) is 4.85. The number of aromatic nitrogens is 1. The van der Waals surface area contributed by atoms with E-state index in [0.717, 1.165) is 18.5 Å². The van der Waals surface area contributed by atoms with Crippen LogP contribution in [0.4, 0.5) is 0 Å². The number of benzene rings is 1. The largest absolute Gasteiger partial charge is 0.283 e. The van der Waals surface area contributed by atoms with E-state index in [4.69, 9.17) is 0 Å². The molecule has 2 rings (SSSR count). The average molecular weight is 252 g/mol. The maximum atomic E-state index is 4.62. The number of hydrogen-bond donors (Lipinski definition) is 0. The molecule has 0 aliphatic heterocycles. The van der Waals surface area contributed by atoms with Crippen molar-refractivity contribution in [2.24, 2.45) is 4.99 Å². The highest BCUT2D eigenvalue weighted by molar-refractivity contribution is 5.76. The summed E-state index contributed by atoms with van der Waals surface area (Å²) in [5, 5.41) is 0. The van der Waals surface area contributed by atoms with Crippen LogP contribution in [0.5, 0.6) is 0 Å². The maximum absolute atomic E-state index is 4.62. The van der Waals surface area contributed by atoms with Gasteiger partial charge in [0.1, 0.15) is 0 Å². The van der Waals surface area contributed by atoms with Gasteiger partial charge in [-0.05, 0) is 36.6 Å². The molecule has 1 aromatic heterocycles. The lowest BCUT2D eigenvalue weighted by atomic mass is 9.98. The number of hydrogen-bond acceptors (Lipinski definition) is 2. The summed E-state index contributed by atoms with van der Waals surface area (Å²) in [6.45, 7) is 4.34. The Morgan fingerprint density at radius 3 is 2.68 bits per heavy atom. The van der Waals surface area contributed by atoms with E-state index in [0.29, 0.717) is 0 Å². The third kappa shape index (κ3) is 3.75. The first kappa shape index (κ1) is 13.5. The van der Waals surface area contributed by atoms with Crippen LogP contribution in [0.3, 0.4) is 0 Å². The number of aliphatic imine (C=N–C) groups is 1. The minimum atomic E-state index is 0.171. The van der Waals surface area contributed by atoms with Crippen LogP contribution < -0.4 is 0 Å².